The minimum absolute atomic E-state index is 0.106. The summed E-state index contributed by atoms with van der Waals surface area (Å²) < 4.78 is 58.2. The molecule has 0 radical (unpaired) electrons. The highest BCUT2D eigenvalue weighted by Gasteiger charge is 2.23. The molecule has 10 nitrogen and oxygen atoms in total. The predicted molar refractivity (Wildman–Crippen MR) is 147 cm³/mol. The number of hydrogen-bond acceptors (Lipinski definition) is 8. The number of rotatable bonds is 15. The van der Waals surface area contributed by atoms with E-state index in [2.05, 4.69) is 9.47 Å². The van der Waals surface area contributed by atoms with Crippen molar-refractivity contribution in [1.29, 1.82) is 21.0 Å². The average molecular weight is 609 g/mol. The second kappa shape index (κ2) is 17.8. The van der Waals surface area contributed by atoms with Gasteiger partial charge in [0.25, 0.3) is 11.8 Å². The first-order valence-electron chi connectivity index (χ1n) is 12.8. The molecule has 0 aliphatic heterocycles. The van der Waals surface area contributed by atoms with Gasteiger partial charge in [0, 0.05) is 26.2 Å². The molecule has 2 aromatic carbocycles. The molecule has 0 saturated heterocycles. The smallest absolute Gasteiger partial charge is 0.387 e. The van der Waals surface area contributed by atoms with Crippen molar-refractivity contribution in [2.45, 2.75) is 26.1 Å². The number of carbonyl (C=O) groups excluding carboxylic acids is 2. The van der Waals surface area contributed by atoms with Crippen LogP contribution in [-0.4, -0.2) is 61.0 Å². The third kappa shape index (κ3) is 11.2. The number of carbonyl (C=O) groups is 2. The molecule has 0 aromatic heterocycles. The van der Waals surface area contributed by atoms with Crippen molar-refractivity contribution < 1.29 is 36.6 Å². The van der Waals surface area contributed by atoms with E-state index < -0.39 is 25.0 Å². The maximum atomic E-state index is 13.2. The molecule has 0 heterocycles. The molecule has 0 bridgehead atoms. The van der Waals surface area contributed by atoms with E-state index in [-0.39, 0.29) is 61.7 Å². The Bertz CT molecular complexity index is 1400. The van der Waals surface area contributed by atoms with E-state index >= 15 is 0 Å². The SMILES string of the molecule is N#CCCN(CCN(CCC#N)C(=O)/C(C#N)=C/c1ccc(OC(F)F)cc1)C(=O)/C(C#N)=C\c1ccc(OC(F)F)cc1. The van der Waals surface area contributed by atoms with Crippen LogP contribution in [0.15, 0.2) is 59.7 Å². The highest BCUT2D eigenvalue weighted by molar-refractivity contribution is 6.02. The van der Waals surface area contributed by atoms with Crippen molar-refractivity contribution in [2.24, 2.45) is 0 Å². The van der Waals surface area contributed by atoms with Crippen LogP contribution in [0.1, 0.15) is 24.0 Å². The molecule has 0 unspecified atom stereocenters. The van der Waals surface area contributed by atoms with Crippen molar-refractivity contribution in [3.05, 3.63) is 70.8 Å². The Kier molecular flexibility index (Phi) is 13.9. The summed E-state index contributed by atoms with van der Waals surface area (Å²) in [4.78, 5) is 28.8. The topological polar surface area (TPSA) is 154 Å². The lowest BCUT2D eigenvalue weighted by molar-refractivity contribution is -0.130. The van der Waals surface area contributed by atoms with Gasteiger partial charge >= 0.3 is 13.2 Å². The third-order valence-electron chi connectivity index (χ3n) is 5.74. The summed E-state index contributed by atoms with van der Waals surface area (Å²) in [6.07, 6.45) is 2.23. The quantitative estimate of drug-likeness (QED) is 0.157. The van der Waals surface area contributed by atoms with E-state index in [4.69, 9.17) is 10.5 Å². The van der Waals surface area contributed by atoms with E-state index in [1.165, 1.54) is 60.7 Å². The van der Waals surface area contributed by atoms with Crippen LogP contribution in [0.2, 0.25) is 0 Å². The molecule has 0 spiro atoms. The van der Waals surface area contributed by atoms with Gasteiger partial charge in [0.15, 0.2) is 0 Å². The number of ether oxygens (including phenoxy) is 2. The molecule has 0 N–H and O–H groups in total. The lowest BCUT2D eigenvalue weighted by Crippen LogP contribution is -2.42. The van der Waals surface area contributed by atoms with Gasteiger partial charge in [-0.2, -0.15) is 38.6 Å². The van der Waals surface area contributed by atoms with Gasteiger partial charge in [-0.15, -0.1) is 0 Å². The highest BCUT2D eigenvalue weighted by atomic mass is 19.3. The number of nitrogens with zero attached hydrogens (tertiary/aromatic N) is 6. The van der Waals surface area contributed by atoms with Gasteiger partial charge in [-0.25, -0.2) is 0 Å². The minimum atomic E-state index is -3.03. The molecular formula is C30H24F4N6O4. The minimum Gasteiger partial charge on any atom is -0.435 e. The second-order valence-corrected chi connectivity index (χ2v) is 8.64. The predicted octanol–water partition coefficient (Wildman–Crippen LogP) is 4.89. The molecule has 2 rings (SSSR count). The molecule has 2 amide bonds. The summed E-state index contributed by atoms with van der Waals surface area (Å²) in [6.45, 7) is -6.61. The molecular weight excluding hydrogens is 584 g/mol. The van der Waals surface area contributed by atoms with Crippen LogP contribution in [0.25, 0.3) is 12.2 Å². The van der Waals surface area contributed by atoms with Crippen LogP contribution in [0, 0.1) is 45.3 Å². The zero-order valence-corrected chi connectivity index (χ0v) is 23.0. The van der Waals surface area contributed by atoms with Gasteiger partial charge in [0.1, 0.15) is 34.8 Å². The molecule has 226 valence electrons. The van der Waals surface area contributed by atoms with Crippen LogP contribution in [0.3, 0.4) is 0 Å². The summed E-state index contributed by atoms with van der Waals surface area (Å²) in [7, 11) is 0. The Hall–Kier alpha value is -5.86. The first-order chi connectivity index (χ1) is 21.1. The monoisotopic (exact) mass is 608 g/mol. The largest absolute Gasteiger partial charge is 0.435 e. The first kappa shape index (κ1) is 34.3. The number of halogens is 4. The van der Waals surface area contributed by atoms with Gasteiger partial charge in [0.2, 0.25) is 0 Å². The molecule has 2 aromatic rings. The molecule has 0 aliphatic rings. The zero-order chi connectivity index (χ0) is 32.5. The Morgan fingerprint density at radius 3 is 1.25 bits per heavy atom. The van der Waals surface area contributed by atoms with Gasteiger partial charge < -0.3 is 19.3 Å². The fourth-order valence-electron chi connectivity index (χ4n) is 3.69. The Balaban J connectivity index is 2.26. The number of nitriles is 4. The molecule has 0 aliphatic carbocycles. The summed E-state index contributed by atoms with van der Waals surface area (Å²) in [5, 5.41) is 37.5. The average Bonchev–Trinajstić information content (AvgIpc) is 3.00. The number of alkyl halides is 4. The zero-order valence-electron chi connectivity index (χ0n) is 23.0. The molecule has 14 heteroatoms. The van der Waals surface area contributed by atoms with E-state index in [0.717, 1.165) is 9.80 Å². The summed E-state index contributed by atoms with van der Waals surface area (Å²) in [5.74, 6) is -1.79. The van der Waals surface area contributed by atoms with Crippen LogP contribution >= 0.6 is 0 Å². The second-order valence-electron chi connectivity index (χ2n) is 8.64. The van der Waals surface area contributed by atoms with Crippen LogP contribution in [0.4, 0.5) is 17.6 Å². The van der Waals surface area contributed by atoms with Crippen molar-refractivity contribution in [2.75, 3.05) is 26.2 Å². The fourth-order valence-corrected chi connectivity index (χ4v) is 3.69. The Morgan fingerprint density at radius 1 is 0.636 bits per heavy atom. The van der Waals surface area contributed by atoms with E-state index in [0.29, 0.717) is 11.1 Å². The van der Waals surface area contributed by atoms with Crippen molar-refractivity contribution in [1.82, 2.24) is 9.80 Å². The van der Waals surface area contributed by atoms with Crippen molar-refractivity contribution in [3.8, 4) is 35.8 Å². The number of benzene rings is 2. The lowest BCUT2D eigenvalue weighted by Gasteiger charge is -2.27. The Morgan fingerprint density at radius 2 is 0.977 bits per heavy atom. The number of amides is 2. The lowest BCUT2D eigenvalue weighted by atomic mass is 10.1. The fraction of sp³-hybridized carbons (Fsp3) is 0.267. The van der Waals surface area contributed by atoms with Crippen LogP contribution in [0.5, 0.6) is 11.5 Å². The summed E-state index contributed by atoms with van der Waals surface area (Å²) in [6, 6.07) is 17.7. The Labute approximate surface area is 250 Å². The maximum absolute atomic E-state index is 13.2. The van der Waals surface area contributed by atoms with Gasteiger partial charge in [-0.1, -0.05) is 24.3 Å². The first-order valence-corrected chi connectivity index (χ1v) is 12.8. The van der Waals surface area contributed by atoms with Gasteiger partial charge in [-0.3, -0.25) is 9.59 Å². The van der Waals surface area contributed by atoms with Crippen LogP contribution in [-0.2, 0) is 9.59 Å². The van der Waals surface area contributed by atoms with E-state index in [9.17, 15) is 37.7 Å². The van der Waals surface area contributed by atoms with Crippen molar-refractivity contribution >= 4 is 24.0 Å². The van der Waals surface area contributed by atoms with Gasteiger partial charge in [-0.05, 0) is 47.5 Å². The summed E-state index contributed by atoms with van der Waals surface area (Å²) >= 11 is 0. The van der Waals surface area contributed by atoms with Crippen LogP contribution < -0.4 is 9.47 Å². The molecule has 0 saturated carbocycles. The molecule has 44 heavy (non-hydrogen) atoms. The highest BCUT2D eigenvalue weighted by Crippen LogP contribution is 2.19. The van der Waals surface area contributed by atoms with E-state index in [1.807, 2.05) is 12.1 Å². The van der Waals surface area contributed by atoms with Crippen molar-refractivity contribution in [3.63, 3.8) is 0 Å². The maximum Gasteiger partial charge on any atom is 0.387 e. The number of hydrogen-bond donors (Lipinski definition) is 0. The summed E-state index contributed by atoms with van der Waals surface area (Å²) in [5.41, 5.74) is -0.00478. The molecule has 0 fully saturated rings. The molecule has 0 atom stereocenters. The standard InChI is InChI=1S/C30H24F4N6O4/c31-29(32)43-25-7-3-21(4-8-25)17-23(19-37)27(41)39(13-1-11-35)15-16-40(14-2-12-36)28(42)24(20-38)18-22-5-9-26(10-6-22)44-30(33)34/h3-10,17-18,29-30H,1-2,13-16H2/b23-17-,24-18+. The normalized spacial score (nSPS) is 11.1. The van der Waals surface area contributed by atoms with E-state index in [1.54, 1.807) is 12.1 Å². The third-order valence-corrected chi connectivity index (χ3v) is 5.74. The van der Waals surface area contributed by atoms with Gasteiger partial charge in [0.05, 0.1) is 25.0 Å².